The van der Waals surface area contributed by atoms with Crippen molar-refractivity contribution >= 4 is 28.6 Å². The van der Waals surface area contributed by atoms with Crippen molar-refractivity contribution in [3.05, 3.63) is 58.5 Å². The van der Waals surface area contributed by atoms with Gasteiger partial charge in [-0.1, -0.05) is 6.07 Å². The molecule has 1 saturated heterocycles. The molecule has 0 radical (unpaired) electrons. The third-order valence-electron chi connectivity index (χ3n) is 5.28. The molecular formula is C21H24N6O2. The van der Waals surface area contributed by atoms with Crippen LogP contribution < -0.4 is 15.4 Å². The zero-order valence-corrected chi connectivity index (χ0v) is 16.9. The molecule has 2 aromatic heterocycles. The second kappa shape index (κ2) is 7.54. The topological polar surface area (TPSA) is 74.6 Å². The maximum absolute atomic E-state index is 12.9. The summed E-state index contributed by atoms with van der Waals surface area (Å²) in [5.74, 6) is 0.423. The lowest BCUT2D eigenvalue weighted by molar-refractivity contribution is 0.0746. The Morgan fingerprint density at radius 3 is 2.55 bits per heavy atom. The van der Waals surface area contributed by atoms with Crippen molar-refractivity contribution < 1.29 is 4.79 Å². The quantitative estimate of drug-likeness (QED) is 0.670. The molecule has 1 aliphatic rings. The van der Waals surface area contributed by atoms with E-state index in [1.165, 1.54) is 4.57 Å². The Balaban J connectivity index is 1.52. The van der Waals surface area contributed by atoms with E-state index >= 15 is 0 Å². The summed E-state index contributed by atoms with van der Waals surface area (Å²) in [6.45, 7) is 2.21. The standard InChI is InChI=1S/C21H24N6O2/c1-24(2)16-7-4-6-15(14-16)20(28)27-12-10-26(11-13-27)19-21(29)25(3)18-17(23-19)8-5-9-22-18/h4-9,14H,10-13H2,1-3H3. The summed E-state index contributed by atoms with van der Waals surface area (Å²) in [7, 11) is 5.62. The number of benzene rings is 1. The van der Waals surface area contributed by atoms with Crippen LogP contribution in [0.1, 0.15) is 10.4 Å². The first kappa shape index (κ1) is 18.9. The molecule has 0 saturated carbocycles. The fourth-order valence-electron chi connectivity index (χ4n) is 3.57. The molecule has 0 aliphatic carbocycles. The number of carbonyl (C=O) groups is 1. The monoisotopic (exact) mass is 392 g/mol. The van der Waals surface area contributed by atoms with Crippen molar-refractivity contribution in [3.63, 3.8) is 0 Å². The first-order valence-corrected chi connectivity index (χ1v) is 9.59. The normalized spacial score (nSPS) is 14.3. The molecule has 1 fully saturated rings. The molecular weight excluding hydrogens is 368 g/mol. The highest BCUT2D eigenvalue weighted by molar-refractivity contribution is 5.95. The Morgan fingerprint density at radius 2 is 1.83 bits per heavy atom. The number of rotatable bonds is 3. The van der Waals surface area contributed by atoms with Gasteiger partial charge in [0.25, 0.3) is 11.5 Å². The molecule has 4 rings (SSSR count). The molecule has 150 valence electrons. The van der Waals surface area contributed by atoms with Gasteiger partial charge in [0, 0.05) is 64.8 Å². The third kappa shape index (κ3) is 3.53. The lowest BCUT2D eigenvalue weighted by Crippen LogP contribution is -2.50. The van der Waals surface area contributed by atoms with Gasteiger partial charge in [-0.25, -0.2) is 9.97 Å². The number of anilines is 2. The van der Waals surface area contributed by atoms with E-state index in [1.807, 2.05) is 65.2 Å². The van der Waals surface area contributed by atoms with Crippen LogP contribution in [0.25, 0.3) is 11.2 Å². The Morgan fingerprint density at radius 1 is 1.07 bits per heavy atom. The smallest absolute Gasteiger partial charge is 0.294 e. The van der Waals surface area contributed by atoms with E-state index in [-0.39, 0.29) is 11.5 Å². The molecule has 1 aromatic carbocycles. The molecule has 29 heavy (non-hydrogen) atoms. The van der Waals surface area contributed by atoms with Crippen molar-refractivity contribution in [2.24, 2.45) is 7.05 Å². The number of aryl methyl sites for hydroxylation is 1. The minimum Gasteiger partial charge on any atom is -0.378 e. The van der Waals surface area contributed by atoms with Crippen LogP contribution in [-0.2, 0) is 7.05 Å². The SMILES string of the molecule is CN(C)c1cccc(C(=O)N2CCN(c3nc4cccnc4n(C)c3=O)CC2)c1. The van der Waals surface area contributed by atoms with Crippen molar-refractivity contribution in [1.82, 2.24) is 19.4 Å². The van der Waals surface area contributed by atoms with Crippen molar-refractivity contribution in [1.29, 1.82) is 0 Å². The van der Waals surface area contributed by atoms with Crippen LogP contribution in [0.4, 0.5) is 11.5 Å². The van der Waals surface area contributed by atoms with Gasteiger partial charge in [-0.3, -0.25) is 14.2 Å². The number of amides is 1. The van der Waals surface area contributed by atoms with Crippen molar-refractivity contribution in [3.8, 4) is 0 Å². The summed E-state index contributed by atoms with van der Waals surface area (Å²) in [5, 5.41) is 0. The first-order valence-electron chi connectivity index (χ1n) is 9.59. The zero-order valence-electron chi connectivity index (χ0n) is 16.9. The average molecular weight is 392 g/mol. The van der Waals surface area contributed by atoms with E-state index in [2.05, 4.69) is 9.97 Å². The molecule has 0 unspecified atom stereocenters. The Labute approximate surface area is 169 Å². The largest absolute Gasteiger partial charge is 0.378 e. The molecule has 8 nitrogen and oxygen atoms in total. The summed E-state index contributed by atoms with van der Waals surface area (Å²) in [4.78, 5) is 40.2. The number of carbonyl (C=O) groups excluding carboxylic acids is 1. The van der Waals surface area contributed by atoms with Crippen LogP contribution in [0.5, 0.6) is 0 Å². The van der Waals surface area contributed by atoms with Gasteiger partial charge in [0.15, 0.2) is 11.5 Å². The number of fused-ring (bicyclic) bond motifs is 1. The van der Waals surface area contributed by atoms with Crippen molar-refractivity contribution in [2.45, 2.75) is 0 Å². The molecule has 1 amide bonds. The summed E-state index contributed by atoms with van der Waals surface area (Å²) in [5.41, 5.74) is 2.75. The molecule has 8 heteroatoms. The molecule has 0 spiro atoms. The van der Waals surface area contributed by atoms with Crippen LogP contribution in [0, 0.1) is 0 Å². The van der Waals surface area contributed by atoms with E-state index in [0.29, 0.717) is 48.7 Å². The van der Waals surface area contributed by atoms with Crippen LogP contribution >= 0.6 is 0 Å². The molecule has 0 N–H and O–H groups in total. The Hall–Kier alpha value is -3.42. The summed E-state index contributed by atoms with van der Waals surface area (Å²) >= 11 is 0. The number of piperazine rings is 1. The highest BCUT2D eigenvalue weighted by atomic mass is 16.2. The van der Waals surface area contributed by atoms with E-state index in [1.54, 1.807) is 13.2 Å². The van der Waals surface area contributed by atoms with Gasteiger partial charge >= 0.3 is 0 Å². The fourth-order valence-corrected chi connectivity index (χ4v) is 3.57. The maximum Gasteiger partial charge on any atom is 0.294 e. The second-order valence-corrected chi connectivity index (χ2v) is 7.37. The van der Waals surface area contributed by atoms with Gasteiger partial charge in [-0.05, 0) is 30.3 Å². The maximum atomic E-state index is 12.9. The molecule has 1 aliphatic heterocycles. The van der Waals surface area contributed by atoms with Gasteiger partial charge in [-0.15, -0.1) is 0 Å². The van der Waals surface area contributed by atoms with E-state index in [9.17, 15) is 9.59 Å². The van der Waals surface area contributed by atoms with Gasteiger partial charge in [0.1, 0.15) is 5.52 Å². The number of hydrogen-bond donors (Lipinski definition) is 0. The zero-order chi connectivity index (χ0) is 20.5. The highest BCUT2D eigenvalue weighted by Gasteiger charge is 2.25. The Kier molecular flexibility index (Phi) is 4.92. The summed E-state index contributed by atoms with van der Waals surface area (Å²) in [6.07, 6.45) is 1.65. The predicted molar refractivity (Wildman–Crippen MR) is 114 cm³/mol. The van der Waals surface area contributed by atoms with Crippen molar-refractivity contribution in [2.75, 3.05) is 50.1 Å². The molecule has 0 bridgehead atoms. The summed E-state index contributed by atoms with van der Waals surface area (Å²) in [6, 6.07) is 11.3. The van der Waals surface area contributed by atoms with Crippen LogP contribution in [0.2, 0.25) is 0 Å². The molecule has 0 atom stereocenters. The first-order chi connectivity index (χ1) is 14.0. The number of hydrogen-bond acceptors (Lipinski definition) is 6. The van der Waals surface area contributed by atoms with E-state index in [0.717, 1.165) is 5.69 Å². The minimum absolute atomic E-state index is 0.0110. The van der Waals surface area contributed by atoms with E-state index in [4.69, 9.17) is 0 Å². The van der Waals surface area contributed by atoms with Crippen LogP contribution in [-0.4, -0.2) is 65.6 Å². The Bertz CT molecular complexity index is 1120. The third-order valence-corrected chi connectivity index (χ3v) is 5.28. The second-order valence-electron chi connectivity index (χ2n) is 7.37. The van der Waals surface area contributed by atoms with Crippen LogP contribution in [0.3, 0.4) is 0 Å². The minimum atomic E-state index is -0.172. The average Bonchev–Trinajstić information content (AvgIpc) is 2.76. The van der Waals surface area contributed by atoms with Gasteiger partial charge in [-0.2, -0.15) is 0 Å². The van der Waals surface area contributed by atoms with Gasteiger partial charge < -0.3 is 14.7 Å². The molecule has 3 heterocycles. The predicted octanol–water partition coefficient (Wildman–Crippen LogP) is 1.36. The number of pyridine rings is 1. The van der Waals surface area contributed by atoms with Crippen LogP contribution in [0.15, 0.2) is 47.4 Å². The number of aromatic nitrogens is 3. The van der Waals surface area contributed by atoms with Gasteiger partial charge in [0.05, 0.1) is 0 Å². The fraction of sp³-hybridized carbons (Fsp3) is 0.333. The lowest BCUT2D eigenvalue weighted by atomic mass is 10.1. The lowest BCUT2D eigenvalue weighted by Gasteiger charge is -2.35. The molecule has 3 aromatic rings. The number of nitrogens with zero attached hydrogens (tertiary/aromatic N) is 6. The van der Waals surface area contributed by atoms with Gasteiger partial charge in [0.2, 0.25) is 0 Å². The highest BCUT2D eigenvalue weighted by Crippen LogP contribution is 2.18. The van der Waals surface area contributed by atoms with E-state index < -0.39 is 0 Å². The summed E-state index contributed by atoms with van der Waals surface area (Å²) < 4.78 is 1.53.